The summed E-state index contributed by atoms with van der Waals surface area (Å²) in [5, 5.41) is -0.673. The summed E-state index contributed by atoms with van der Waals surface area (Å²) in [4.78, 5) is 13.0. The van der Waals surface area contributed by atoms with E-state index in [-0.39, 0.29) is 22.2 Å². The molecular formula is C22H24O4S. The van der Waals surface area contributed by atoms with Crippen molar-refractivity contribution in [2.75, 3.05) is 0 Å². The van der Waals surface area contributed by atoms with Crippen molar-refractivity contribution in [2.45, 2.75) is 49.2 Å². The van der Waals surface area contributed by atoms with Crippen molar-refractivity contribution in [3.05, 3.63) is 65.7 Å². The number of carbonyl (C=O) groups is 1. The van der Waals surface area contributed by atoms with Gasteiger partial charge in [0.25, 0.3) is 0 Å². The highest BCUT2D eigenvalue weighted by atomic mass is 32.2. The van der Waals surface area contributed by atoms with Crippen molar-refractivity contribution in [1.29, 1.82) is 0 Å². The molecule has 2 atom stereocenters. The minimum Gasteiger partial charge on any atom is -0.489 e. The maximum absolute atomic E-state index is 13.0. The van der Waals surface area contributed by atoms with E-state index in [0.29, 0.717) is 43.6 Å². The van der Waals surface area contributed by atoms with Gasteiger partial charge in [0.1, 0.15) is 12.4 Å². The predicted molar refractivity (Wildman–Crippen MR) is 105 cm³/mol. The van der Waals surface area contributed by atoms with E-state index in [1.165, 1.54) is 0 Å². The first-order valence-corrected chi connectivity index (χ1v) is 11.2. The van der Waals surface area contributed by atoms with Crippen LogP contribution in [0.2, 0.25) is 0 Å². The number of hydrogen-bond acceptors (Lipinski definition) is 4. The third kappa shape index (κ3) is 3.79. The zero-order valence-corrected chi connectivity index (χ0v) is 16.0. The molecular weight excluding hydrogens is 360 g/mol. The number of sulfone groups is 1. The van der Waals surface area contributed by atoms with Gasteiger partial charge in [0, 0.05) is 11.5 Å². The molecule has 142 valence electrons. The van der Waals surface area contributed by atoms with Gasteiger partial charge in [-0.1, -0.05) is 48.9 Å². The van der Waals surface area contributed by atoms with Crippen molar-refractivity contribution in [2.24, 2.45) is 5.92 Å². The van der Waals surface area contributed by atoms with Gasteiger partial charge in [-0.15, -0.1) is 0 Å². The number of Topliss-reactive ketones (excluding diaryl/α,β-unsaturated/α-hetero) is 1. The van der Waals surface area contributed by atoms with E-state index in [9.17, 15) is 13.2 Å². The molecule has 2 bridgehead atoms. The monoisotopic (exact) mass is 384 g/mol. The van der Waals surface area contributed by atoms with Crippen LogP contribution in [0.5, 0.6) is 5.75 Å². The molecule has 0 aromatic heterocycles. The molecule has 0 spiro atoms. The van der Waals surface area contributed by atoms with E-state index >= 15 is 0 Å². The first kappa shape index (κ1) is 18.2. The molecule has 0 aliphatic carbocycles. The summed E-state index contributed by atoms with van der Waals surface area (Å²) in [7, 11) is -3.04. The Kier molecular flexibility index (Phi) is 5.04. The average Bonchev–Trinajstić information content (AvgIpc) is 2.66. The Bertz CT molecular complexity index is 900. The van der Waals surface area contributed by atoms with Crippen LogP contribution in [0, 0.1) is 5.92 Å². The fraction of sp³-hybridized carbons (Fsp3) is 0.409. The summed E-state index contributed by atoms with van der Waals surface area (Å²) in [5.41, 5.74) is 1.68. The number of ether oxygens (including phenoxy) is 1. The largest absolute Gasteiger partial charge is 0.489 e. The minimum absolute atomic E-state index is 0.0481. The van der Waals surface area contributed by atoms with Crippen LogP contribution in [-0.4, -0.2) is 24.7 Å². The van der Waals surface area contributed by atoms with Crippen LogP contribution in [0.25, 0.3) is 0 Å². The van der Waals surface area contributed by atoms with E-state index in [0.717, 1.165) is 12.0 Å². The highest BCUT2D eigenvalue weighted by Crippen LogP contribution is 2.40. The summed E-state index contributed by atoms with van der Waals surface area (Å²) >= 11 is 0. The molecule has 2 saturated heterocycles. The first-order valence-electron chi connectivity index (χ1n) is 9.58. The quantitative estimate of drug-likeness (QED) is 0.725. The molecule has 0 N–H and O–H groups in total. The fourth-order valence-corrected chi connectivity index (χ4v) is 6.87. The standard InChI is InChI=1S/C22H24O4S/c23-22(18-13-20-10-5-11-21(14-18)27(20,24)25)17-8-4-9-19(12-17)26-15-16-6-2-1-3-7-16/h1-4,6-9,12,18,20-21H,5,10-11,13-15H2. The van der Waals surface area contributed by atoms with Crippen molar-refractivity contribution in [3.63, 3.8) is 0 Å². The van der Waals surface area contributed by atoms with Crippen LogP contribution < -0.4 is 4.74 Å². The molecule has 2 heterocycles. The molecule has 2 aromatic carbocycles. The molecule has 2 aromatic rings. The SMILES string of the molecule is O=C(c1cccc(OCc2ccccc2)c1)C1CC2CCCC(C1)S2(=O)=O. The smallest absolute Gasteiger partial charge is 0.166 e. The van der Waals surface area contributed by atoms with Crippen molar-refractivity contribution in [1.82, 2.24) is 0 Å². The second-order valence-corrected chi connectivity index (χ2v) is 10.1. The lowest BCUT2D eigenvalue weighted by atomic mass is 9.84. The van der Waals surface area contributed by atoms with Gasteiger partial charge < -0.3 is 4.74 Å². The third-order valence-electron chi connectivity index (χ3n) is 5.81. The predicted octanol–water partition coefficient (Wildman–Crippen LogP) is 4.19. The molecule has 0 radical (unpaired) electrons. The summed E-state index contributed by atoms with van der Waals surface area (Å²) in [6.45, 7) is 0.449. The van der Waals surface area contributed by atoms with Gasteiger partial charge in [-0.3, -0.25) is 4.79 Å². The van der Waals surface area contributed by atoms with Crippen molar-refractivity contribution < 1.29 is 17.9 Å². The number of rotatable bonds is 5. The lowest BCUT2D eigenvalue weighted by molar-refractivity contribution is 0.0893. The maximum atomic E-state index is 13.0. The molecule has 2 aliphatic rings. The molecule has 5 heteroatoms. The molecule has 0 saturated carbocycles. The second kappa shape index (κ2) is 7.47. The summed E-state index contributed by atoms with van der Waals surface area (Å²) in [6.07, 6.45) is 3.28. The summed E-state index contributed by atoms with van der Waals surface area (Å²) in [5.74, 6) is 0.508. The van der Waals surface area contributed by atoms with Gasteiger partial charge in [-0.25, -0.2) is 8.42 Å². The topological polar surface area (TPSA) is 60.4 Å². The van der Waals surface area contributed by atoms with Crippen molar-refractivity contribution in [3.8, 4) is 5.75 Å². The maximum Gasteiger partial charge on any atom is 0.166 e. The number of fused-ring (bicyclic) bond motifs is 2. The van der Waals surface area contributed by atoms with E-state index < -0.39 is 9.84 Å². The second-order valence-electron chi connectivity index (χ2n) is 7.60. The van der Waals surface area contributed by atoms with E-state index in [1.54, 1.807) is 12.1 Å². The van der Waals surface area contributed by atoms with Crippen LogP contribution in [0.4, 0.5) is 0 Å². The van der Waals surface area contributed by atoms with Crippen LogP contribution in [0.1, 0.15) is 48.0 Å². The van der Waals surface area contributed by atoms with Crippen LogP contribution in [0.15, 0.2) is 54.6 Å². The Hall–Kier alpha value is -2.14. The Morgan fingerprint density at radius 1 is 0.963 bits per heavy atom. The number of ketones is 1. The molecule has 4 rings (SSSR count). The molecule has 0 amide bonds. The fourth-order valence-electron chi connectivity index (χ4n) is 4.34. The molecule has 2 fully saturated rings. The minimum atomic E-state index is -3.04. The van der Waals surface area contributed by atoms with E-state index in [2.05, 4.69) is 0 Å². The van der Waals surface area contributed by atoms with Gasteiger partial charge in [0.05, 0.1) is 10.5 Å². The van der Waals surface area contributed by atoms with Gasteiger partial charge in [-0.2, -0.15) is 0 Å². The van der Waals surface area contributed by atoms with Crippen LogP contribution in [-0.2, 0) is 16.4 Å². The number of hydrogen-bond donors (Lipinski definition) is 0. The highest BCUT2D eigenvalue weighted by Gasteiger charge is 2.46. The molecule has 4 nitrogen and oxygen atoms in total. The van der Waals surface area contributed by atoms with Crippen molar-refractivity contribution >= 4 is 15.6 Å². The number of carbonyl (C=O) groups excluding carboxylic acids is 1. The third-order valence-corrected chi connectivity index (χ3v) is 8.53. The highest BCUT2D eigenvalue weighted by molar-refractivity contribution is 7.92. The molecule has 2 unspecified atom stereocenters. The Morgan fingerprint density at radius 3 is 2.37 bits per heavy atom. The van der Waals surface area contributed by atoms with Gasteiger partial charge >= 0.3 is 0 Å². The summed E-state index contributed by atoms with van der Waals surface area (Å²) < 4.78 is 30.7. The molecule has 2 aliphatic heterocycles. The van der Waals surface area contributed by atoms with E-state index in [1.807, 2.05) is 42.5 Å². The Morgan fingerprint density at radius 2 is 1.67 bits per heavy atom. The zero-order chi connectivity index (χ0) is 18.9. The van der Waals surface area contributed by atoms with Crippen LogP contribution in [0.3, 0.4) is 0 Å². The zero-order valence-electron chi connectivity index (χ0n) is 15.2. The lowest BCUT2D eigenvalue weighted by Gasteiger charge is -2.38. The average molecular weight is 384 g/mol. The molecule has 27 heavy (non-hydrogen) atoms. The first-order chi connectivity index (χ1) is 13.0. The van der Waals surface area contributed by atoms with E-state index in [4.69, 9.17) is 4.74 Å². The normalized spacial score (nSPS) is 26.3. The summed E-state index contributed by atoms with van der Waals surface area (Å²) in [6, 6.07) is 17.1. The van der Waals surface area contributed by atoms with Gasteiger partial charge in [0.2, 0.25) is 0 Å². The lowest BCUT2D eigenvalue weighted by Crippen LogP contribution is -2.45. The Balaban J connectivity index is 1.46. The van der Waals surface area contributed by atoms with Gasteiger partial charge in [-0.05, 0) is 43.4 Å². The van der Waals surface area contributed by atoms with Crippen LogP contribution >= 0.6 is 0 Å². The number of benzene rings is 2. The Labute approximate surface area is 160 Å². The van der Waals surface area contributed by atoms with Gasteiger partial charge in [0.15, 0.2) is 15.6 Å².